The van der Waals surface area contributed by atoms with E-state index in [9.17, 15) is 4.79 Å². The molecular formula is C14H21NO4. The lowest BCUT2D eigenvalue weighted by Crippen LogP contribution is -2.16. The van der Waals surface area contributed by atoms with Crippen molar-refractivity contribution < 1.29 is 19.4 Å². The maximum Gasteiger partial charge on any atom is 0.303 e. The summed E-state index contributed by atoms with van der Waals surface area (Å²) < 4.78 is 10.6. The molecule has 0 aliphatic carbocycles. The molecule has 1 aromatic rings. The minimum Gasteiger partial charge on any atom is -0.496 e. The van der Waals surface area contributed by atoms with E-state index in [2.05, 4.69) is 5.32 Å². The van der Waals surface area contributed by atoms with Crippen LogP contribution >= 0.6 is 0 Å². The van der Waals surface area contributed by atoms with E-state index in [-0.39, 0.29) is 6.42 Å². The number of aryl methyl sites for hydroxylation is 1. The van der Waals surface area contributed by atoms with E-state index in [1.54, 1.807) is 14.2 Å². The Bertz CT molecular complexity index is 432. The van der Waals surface area contributed by atoms with Crippen molar-refractivity contribution >= 4 is 5.97 Å². The van der Waals surface area contributed by atoms with Gasteiger partial charge < -0.3 is 19.9 Å². The lowest BCUT2D eigenvalue weighted by Gasteiger charge is -2.13. The van der Waals surface area contributed by atoms with Crippen molar-refractivity contribution in [2.24, 2.45) is 0 Å². The predicted octanol–water partition coefficient (Wildman–Crippen LogP) is 1.97. The van der Waals surface area contributed by atoms with Gasteiger partial charge in [0.05, 0.1) is 14.2 Å². The average molecular weight is 267 g/mol. The highest BCUT2D eigenvalue weighted by molar-refractivity contribution is 5.66. The standard InChI is InChI=1S/C14H21NO4/c1-10-7-13(19-3)11(8-12(10)18-2)9-15-6-4-5-14(16)17/h7-8,15H,4-6,9H2,1-3H3,(H,16,17). The van der Waals surface area contributed by atoms with Crippen molar-refractivity contribution in [1.82, 2.24) is 5.32 Å². The maximum atomic E-state index is 10.4. The Labute approximate surface area is 113 Å². The zero-order valence-corrected chi connectivity index (χ0v) is 11.7. The lowest BCUT2D eigenvalue weighted by molar-refractivity contribution is -0.137. The van der Waals surface area contributed by atoms with E-state index in [0.717, 1.165) is 22.6 Å². The molecule has 106 valence electrons. The summed E-state index contributed by atoms with van der Waals surface area (Å²) in [5.74, 6) is 0.864. The van der Waals surface area contributed by atoms with Crippen LogP contribution in [0, 0.1) is 6.92 Å². The fourth-order valence-corrected chi connectivity index (χ4v) is 1.84. The zero-order valence-electron chi connectivity index (χ0n) is 11.7. The second-order valence-corrected chi connectivity index (χ2v) is 4.31. The van der Waals surface area contributed by atoms with E-state index >= 15 is 0 Å². The predicted molar refractivity (Wildman–Crippen MR) is 72.9 cm³/mol. The van der Waals surface area contributed by atoms with Gasteiger partial charge in [-0.25, -0.2) is 0 Å². The summed E-state index contributed by atoms with van der Waals surface area (Å²) in [5.41, 5.74) is 2.02. The highest BCUT2D eigenvalue weighted by Crippen LogP contribution is 2.28. The minimum absolute atomic E-state index is 0.182. The van der Waals surface area contributed by atoms with Gasteiger partial charge in [-0.3, -0.25) is 4.79 Å². The Morgan fingerprint density at radius 3 is 2.53 bits per heavy atom. The molecule has 1 rings (SSSR count). The molecule has 5 heteroatoms. The molecule has 0 bridgehead atoms. The van der Waals surface area contributed by atoms with E-state index in [4.69, 9.17) is 14.6 Å². The Morgan fingerprint density at radius 2 is 1.95 bits per heavy atom. The van der Waals surface area contributed by atoms with Crippen LogP contribution in [0.25, 0.3) is 0 Å². The number of ether oxygens (including phenoxy) is 2. The van der Waals surface area contributed by atoms with E-state index in [1.165, 1.54) is 0 Å². The number of carboxylic acids is 1. The molecule has 0 atom stereocenters. The van der Waals surface area contributed by atoms with Gasteiger partial charge in [-0.2, -0.15) is 0 Å². The number of carboxylic acid groups (broad SMARTS) is 1. The largest absolute Gasteiger partial charge is 0.496 e. The van der Waals surface area contributed by atoms with Crippen LogP contribution in [0.15, 0.2) is 12.1 Å². The number of hydrogen-bond acceptors (Lipinski definition) is 4. The minimum atomic E-state index is -0.767. The summed E-state index contributed by atoms with van der Waals surface area (Å²) in [6.45, 7) is 3.25. The topological polar surface area (TPSA) is 67.8 Å². The van der Waals surface area contributed by atoms with Crippen LogP contribution in [0.4, 0.5) is 0 Å². The van der Waals surface area contributed by atoms with Crippen LogP contribution in [0.2, 0.25) is 0 Å². The van der Waals surface area contributed by atoms with Gasteiger partial charge in [-0.05, 0) is 37.6 Å². The van der Waals surface area contributed by atoms with Gasteiger partial charge in [0.2, 0.25) is 0 Å². The molecule has 0 aliphatic rings. The molecule has 1 aromatic carbocycles. The van der Waals surface area contributed by atoms with Gasteiger partial charge in [0.1, 0.15) is 11.5 Å². The first kappa shape index (κ1) is 15.3. The molecule has 0 saturated carbocycles. The lowest BCUT2D eigenvalue weighted by atomic mass is 10.1. The third kappa shape index (κ3) is 4.79. The summed E-state index contributed by atoms with van der Waals surface area (Å²) in [5, 5.41) is 11.8. The highest BCUT2D eigenvalue weighted by Gasteiger charge is 2.08. The molecule has 0 aliphatic heterocycles. The SMILES string of the molecule is COc1cc(CNCCCC(=O)O)c(OC)cc1C. The average Bonchev–Trinajstić information content (AvgIpc) is 2.38. The molecule has 0 amide bonds. The summed E-state index contributed by atoms with van der Waals surface area (Å²) in [4.78, 5) is 10.4. The van der Waals surface area contributed by atoms with Crippen LogP contribution in [-0.4, -0.2) is 31.8 Å². The first-order chi connectivity index (χ1) is 9.08. The molecule has 0 aromatic heterocycles. The van der Waals surface area contributed by atoms with Crippen LogP contribution < -0.4 is 14.8 Å². The van der Waals surface area contributed by atoms with Gasteiger partial charge in [0.15, 0.2) is 0 Å². The number of rotatable bonds is 8. The van der Waals surface area contributed by atoms with E-state index in [1.807, 2.05) is 19.1 Å². The van der Waals surface area contributed by atoms with E-state index in [0.29, 0.717) is 19.5 Å². The second-order valence-electron chi connectivity index (χ2n) is 4.31. The Kier molecular flexibility index (Phi) is 6.15. The molecule has 0 saturated heterocycles. The van der Waals surface area contributed by atoms with Crippen LogP contribution in [0.3, 0.4) is 0 Å². The molecule has 0 fully saturated rings. The number of nitrogens with one attached hydrogen (secondary N) is 1. The highest BCUT2D eigenvalue weighted by atomic mass is 16.5. The van der Waals surface area contributed by atoms with Crippen molar-refractivity contribution in [1.29, 1.82) is 0 Å². The van der Waals surface area contributed by atoms with Crippen LogP contribution in [0.1, 0.15) is 24.0 Å². The number of hydrogen-bond donors (Lipinski definition) is 2. The van der Waals surface area contributed by atoms with Crippen molar-refractivity contribution in [2.45, 2.75) is 26.3 Å². The Hall–Kier alpha value is -1.75. The monoisotopic (exact) mass is 267 g/mol. The van der Waals surface area contributed by atoms with Crippen LogP contribution in [0.5, 0.6) is 11.5 Å². The fraction of sp³-hybridized carbons (Fsp3) is 0.500. The van der Waals surface area contributed by atoms with Gasteiger partial charge in [-0.15, -0.1) is 0 Å². The number of carbonyl (C=O) groups is 1. The van der Waals surface area contributed by atoms with Crippen LogP contribution in [-0.2, 0) is 11.3 Å². The van der Waals surface area contributed by atoms with Crippen molar-refractivity contribution in [3.8, 4) is 11.5 Å². The van der Waals surface area contributed by atoms with Crippen molar-refractivity contribution in [2.75, 3.05) is 20.8 Å². The molecule has 0 unspecified atom stereocenters. The number of methoxy groups -OCH3 is 2. The van der Waals surface area contributed by atoms with Crippen molar-refractivity contribution in [3.63, 3.8) is 0 Å². The zero-order chi connectivity index (χ0) is 14.3. The quantitative estimate of drug-likeness (QED) is 0.705. The molecule has 5 nitrogen and oxygen atoms in total. The van der Waals surface area contributed by atoms with Gasteiger partial charge in [-0.1, -0.05) is 0 Å². The van der Waals surface area contributed by atoms with Gasteiger partial charge in [0, 0.05) is 18.5 Å². The Balaban J connectivity index is 2.58. The molecule has 0 spiro atoms. The smallest absolute Gasteiger partial charge is 0.303 e. The summed E-state index contributed by atoms with van der Waals surface area (Å²) in [6, 6.07) is 3.88. The van der Waals surface area contributed by atoms with E-state index < -0.39 is 5.97 Å². The molecular weight excluding hydrogens is 246 g/mol. The fourth-order valence-electron chi connectivity index (χ4n) is 1.84. The first-order valence-electron chi connectivity index (χ1n) is 6.22. The maximum absolute atomic E-state index is 10.4. The third-order valence-corrected chi connectivity index (χ3v) is 2.86. The summed E-state index contributed by atoms with van der Waals surface area (Å²) >= 11 is 0. The van der Waals surface area contributed by atoms with Gasteiger partial charge >= 0.3 is 5.97 Å². The number of aliphatic carboxylic acids is 1. The number of benzene rings is 1. The summed E-state index contributed by atoms with van der Waals surface area (Å²) in [6.07, 6.45) is 0.794. The summed E-state index contributed by atoms with van der Waals surface area (Å²) in [7, 11) is 3.27. The second kappa shape index (κ2) is 7.63. The van der Waals surface area contributed by atoms with Gasteiger partial charge in [0.25, 0.3) is 0 Å². The Morgan fingerprint density at radius 1 is 1.26 bits per heavy atom. The normalized spacial score (nSPS) is 10.3. The molecule has 19 heavy (non-hydrogen) atoms. The molecule has 0 radical (unpaired) electrons. The molecule has 2 N–H and O–H groups in total. The first-order valence-corrected chi connectivity index (χ1v) is 6.22. The van der Waals surface area contributed by atoms with Crippen molar-refractivity contribution in [3.05, 3.63) is 23.3 Å². The third-order valence-electron chi connectivity index (χ3n) is 2.86. The molecule has 0 heterocycles.